The lowest BCUT2D eigenvalue weighted by Gasteiger charge is -2.63. The second kappa shape index (κ2) is 9.50. The zero-order valence-corrected chi connectivity index (χ0v) is 25.0. The molecule has 6 rings (SSSR count). The van der Waals surface area contributed by atoms with Gasteiger partial charge in [0.05, 0.1) is 46.3 Å². The van der Waals surface area contributed by atoms with Crippen LogP contribution in [-0.4, -0.2) is 73.4 Å². The molecule has 4 heteroatoms. The summed E-state index contributed by atoms with van der Waals surface area (Å²) in [5, 5.41) is 0. The molecule has 0 amide bonds. The first-order valence-electron chi connectivity index (χ1n) is 16.4. The molecule has 0 radical (unpaired) electrons. The van der Waals surface area contributed by atoms with Gasteiger partial charge in [-0.25, -0.2) is 0 Å². The van der Waals surface area contributed by atoms with E-state index in [1.807, 2.05) is 0 Å². The zero-order chi connectivity index (χ0) is 26.1. The van der Waals surface area contributed by atoms with Crippen LogP contribution in [0.15, 0.2) is 0 Å². The summed E-state index contributed by atoms with van der Waals surface area (Å²) in [6.07, 6.45) is 19.7. The second-order valence-corrected chi connectivity index (χ2v) is 16.1. The van der Waals surface area contributed by atoms with Crippen LogP contribution in [0, 0.1) is 34.5 Å². The number of likely N-dealkylation sites (N-methyl/N-ethyl adjacent to an activating group) is 1. The minimum atomic E-state index is -0.0596. The number of hydrogen-bond acceptors (Lipinski definition) is 2. The Hall–Kier alpha value is -0.610. The van der Waals surface area contributed by atoms with Gasteiger partial charge >= 0.3 is 5.97 Å². The van der Waals surface area contributed by atoms with Crippen molar-refractivity contribution < 1.29 is 18.5 Å². The molecule has 37 heavy (non-hydrogen) atoms. The third-order valence-electron chi connectivity index (χ3n) is 14.1. The fourth-order valence-corrected chi connectivity index (χ4v) is 11.9. The molecule has 0 spiro atoms. The van der Waals surface area contributed by atoms with Crippen LogP contribution in [0.3, 0.4) is 0 Å². The molecule has 2 aliphatic heterocycles. The van der Waals surface area contributed by atoms with Crippen molar-refractivity contribution in [3.05, 3.63) is 0 Å². The van der Waals surface area contributed by atoms with Gasteiger partial charge in [0.15, 0.2) is 6.10 Å². The van der Waals surface area contributed by atoms with Crippen LogP contribution in [0.5, 0.6) is 0 Å². The van der Waals surface area contributed by atoms with Crippen LogP contribution in [0.1, 0.15) is 111 Å². The average molecular weight is 515 g/mol. The Morgan fingerprint density at radius 2 is 1.43 bits per heavy atom. The Labute approximate surface area is 228 Å². The van der Waals surface area contributed by atoms with E-state index >= 15 is 0 Å². The van der Waals surface area contributed by atoms with Crippen LogP contribution in [0.2, 0.25) is 0 Å². The van der Waals surface area contributed by atoms with E-state index in [9.17, 15) is 4.79 Å². The van der Waals surface area contributed by atoms with Crippen molar-refractivity contribution in [3.8, 4) is 0 Å². The molecular formula is C33H58N2O2+2. The van der Waals surface area contributed by atoms with Gasteiger partial charge < -0.3 is 13.7 Å². The van der Waals surface area contributed by atoms with Crippen molar-refractivity contribution in [2.45, 2.75) is 129 Å². The number of quaternary nitrogens is 2. The predicted molar refractivity (Wildman–Crippen MR) is 150 cm³/mol. The highest BCUT2D eigenvalue weighted by atomic mass is 16.5. The third kappa shape index (κ3) is 4.43. The summed E-state index contributed by atoms with van der Waals surface area (Å²) in [5.41, 5.74) is 0.999. The van der Waals surface area contributed by atoms with Crippen LogP contribution in [0.4, 0.5) is 0 Å². The van der Waals surface area contributed by atoms with Crippen LogP contribution >= 0.6 is 0 Å². The molecule has 0 aromatic carbocycles. The SMILES string of the molecule is CC(=O)O[C@H]1C[C@@H]2CC[C@H]3[C@@H]4C[C@H]([N+]5(C)CCCCC5)C[C@@]4(C)CC[C@@H]3[C@@]2(C)C[C@@H]1[N+]1(C)CCCCC1. The Morgan fingerprint density at radius 1 is 0.784 bits per heavy atom. The van der Waals surface area contributed by atoms with E-state index in [1.165, 1.54) is 114 Å². The maximum Gasteiger partial charge on any atom is 0.303 e. The lowest BCUT2D eigenvalue weighted by atomic mass is 9.44. The number of esters is 1. The molecule has 0 N–H and O–H groups in total. The van der Waals surface area contributed by atoms with Gasteiger partial charge in [0.2, 0.25) is 0 Å². The Balaban J connectivity index is 1.26. The first kappa shape index (κ1) is 26.6. The molecule has 4 saturated carbocycles. The highest BCUT2D eigenvalue weighted by Gasteiger charge is 2.64. The molecule has 0 aromatic rings. The van der Waals surface area contributed by atoms with Gasteiger partial charge in [-0.15, -0.1) is 0 Å². The summed E-state index contributed by atoms with van der Waals surface area (Å²) >= 11 is 0. The van der Waals surface area contributed by atoms with E-state index in [1.54, 1.807) is 6.92 Å². The highest BCUT2D eigenvalue weighted by molar-refractivity contribution is 5.66. The Kier molecular flexibility index (Phi) is 6.83. The summed E-state index contributed by atoms with van der Waals surface area (Å²) in [6.45, 7) is 12.5. The van der Waals surface area contributed by atoms with Crippen molar-refractivity contribution >= 4 is 5.97 Å². The monoisotopic (exact) mass is 514 g/mol. The van der Waals surface area contributed by atoms with E-state index in [2.05, 4.69) is 27.9 Å². The molecule has 210 valence electrons. The summed E-state index contributed by atoms with van der Waals surface area (Å²) in [6, 6.07) is 1.40. The lowest BCUT2D eigenvalue weighted by Crippen LogP contribution is -2.66. The topological polar surface area (TPSA) is 26.3 Å². The highest BCUT2D eigenvalue weighted by Crippen LogP contribution is 2.67. The molecule has 2 saturated heterocycles. The molecule has 2 heterocycles. The summed E-state index contributed by atoms with van der Waals surface area (Å²) in [5.74, 6) is 3.43. The lowest BCUT2D eigenvalue weighted by molar-refractivity contribution is -0.943. The number of carbonyl (C=O) groups excluding carboxylic acids is 1. The standard InChI is InChI=1S/C33H58N2O2/c1-24(36)37-31-20-25-12-13-27-28(33(25,3)23-30(31)35(5)18-10-7-11-19-35)14-15-32(2)22-26(21-29(27)32)34(4)16-8-6-9-17-34/h25-31H,6-23H2,1-5H3/q+2/t25-,26-,27+,28-,29-,30-,31-,32+,33-/m0/s1. The van der Waals surface area contributed by atoms with Crippen LogP contribution in [0.25, 0.3) is 0 Å². The smallest absolute Gasteiger partial charge is 0.303 e. The molecule has 6 fully saturated rings. The fraction of sp³-hybridized carbons (Fsp3) is 0.970. The van der Waals surface area contributed by atoms with Crippen molar-refractivity contribution in [1.29, 1.82) is 0 Å². The predicted octanol–water partition coefficient (Wildman–Crippen LogP) is 6.57. The number of piperidine rings is 2. The average Bonchev–Trinajstić information content (AvgIpc) is 3.23. The number of fused-ring (bicyclic) bond motifs is 5. The minimum absolute atomic E-state index is 0.0596. The number of ether oxygens (including phenoxy) is 1. The molecule has 6 aliphatic rings. The molecular weight excluding hydrogens is 456 g/mol. The van der Waals surface area contributed by atoms with Crippen LogP contribution in [-0.2, 0) is 9.53 Å². The minimum Gasteiger partial charge on any atom is -0.456 e. The molecule has 4 nitrogen and oxygen atoms in total. The van der Waals surface area contributed by atoms with E-state index in [-0.39, 0.29) is 12.1 Å². The fourth-order valence-electron chi connectivity index (χ4n) is 11.9. The largest absolute Gasteiger partial charge is 0.456 e. The van der Waals surface area contributed by atoms with Gasteiger partial charge in [-0.2, -0.15) is 0 Å². The molecule has 9 atom stereocenters. The van der Waals surface area contributed by atoms with Gasteiger partial charge in [-0.3, -0.25) is 4.79 Å². The number of nitrogens with zero attached hydrogens (tertiary/aromatic N) is 2. The molecule has 0 aromatic heterocycles. The van der Waals surface area contributed by atoms with Gasteiger partial charge in [-0.05, 0) is 105 Å². The van der Waals surface area contributed by atoms with Gasteiger partial charge in [0.25, 0.3) is 0 Å². The number of rotatable bonds is 3. The summed E-state index contributed by atoms with van der Waals surface area (Å²) < 4.78 is 8.70. The normalized spacial score (nSPS) is 48.8. The van der Waals surface area contributed by atoms with Gasteiger partial charge in [-0.1, -0.05) is 13.8 Å². The molecule has 4 aliphatic carbocycles. The zero-order valence-electron chi connectivity index (χ0n) is 25.0. The van der Waals surface area contributed by atoms with E-state index in [0.29, 0.717) is 16.9 Å². The number of hydrogen-bond donors (Lipinski definition) is 0. The molecule has 0 unspecified atom stereocenters. The maximum absolute atomic E-state index is 12.2. The second-order valence-electron chi connectivity index (χ2n) is 16.1. The van der Waals surface area contributed by atoms with Gasteiger partial charge in [0.1, 0.15) is 6.04 Å². The Morgan fingerprint density at radius 3 is 2.08 bits per heavy atom. The van der Waals surface area contributed by atoms with E-state index in [0.717, 1.165) is 40.6 Å². The Bertz CT molecular complexity index is 860. The first-order chi connectivity index (χ1) is 17.6. The quantitative estimate of drug-likeness (QED) is 0.315. The summed E-state index contributed by atoms with van der Waals surface area (Å²) in [4.78, 5) is 12.2. The summed E-state index contributed by atoms with van der Waals surface area (Å²) in [7, 11) is 5.12. The van der Waals surface area contributed by atoms with Crippen molar-refractivity contribution in [2.24, 2.45) is 34.5 Å². The molecule has 0 bridgehead atoms. The maximum atomic E-state index is 12.2. The number of carbonyl (C=O) groups is 1. The van der Waals surface area contributed by atoms with Crippen molar-refractivity contribution in [1.82, 2.24) is 0 Å². The third-order valence-corrected chi connectivity index (χ3v) is 14.1. The number of likely N-dealkylation sites (tertiary alicyclic amines) is 2. The van der Waals surface area contributed by atoms with Crippen molar-refractivity contribution in [3.63, 3.8) is 0 Å². The van der Waals surface area contributed by atoms with Gasteiger partial charge in [0, 0.05) is 26.2 Å². The van der Waals surface area contributed by atoms with E-state index < -0.39 is 0 Å². The van der Waals surface area contributed by atoms with E-state index in [4.69, 9.17) is 4.74 Å². The van der Waals surface area contributed by atoms with Crippen molar-refractivity contribution in [2.75, 3.05) is 40.3 Å². The van der Waals surface area contributed by atoms with Crippen LogP contribution < -0.4 is 0 Å². The first-order valence-corrected chi connectivity index (χ1v) is 16.4.